The van der Waals surface area contributed by atoms with Crippen molar-refractivity contribution in [2.45, 2.75) is 25.3 Å². The SMILES string of the molecule is NC(=O)c1cnn2c1NC1=C(C(=O)CCC1)[C@@H]2c1ccccc1. The number of nitrogens with two attached hydrogens (primary N) is 1. The van der Waals surface area contributed by atoms with Crippen LogP contribution in [0.5, 0.6) is 0 Å². The van der Waals surface area contributed by atoms with E-state index in [1.165, 1.54) is 6.20 Å². The maximum atomic E-state index is 12.5. The highest BCUT2D eigenvalue weighted by Crippen LogP contribution is 2.41. The van der Waals surface area contributed by atoms with Crippen LogP contribution >= 0.6 is 0 Å². The van der Waals surface area contributed by atoms with Gasteiger partial charge in [-0.3, -0.25) is 9.59 Å². The number of rotatable bonds is 2. The Morgan fingerprint density at radius 1 is 1.26 bits per heavy atom. The van der Waals surface area contributed by atoms with Gasteiger partial charge < -0.3 is 11.1 Å². The Labute approximate surface area is 133 Å². The summed E-state index contributed by atoms with van der Waals surface area (Å²) >= 11 is 0. The van der Waals surface area contributed by atoms with Crippen LogP contribution in [0.15, 0.2) is 47.8 Å². The van der Waals surface area contributed by atoms with E-state index in [2.05, 4.69) is 10.4 Å². The molecule has 0 bridgehead atoms. The van der Waals surface area contributed by atoms with E-state index in [1.54, 1.807) is 4.68 Å². The lowest BCUT2D eigenvalue weighted by atomic mass is 9.85. The number of hydrogen-bond donors (Lipinski definition) is 2. The van der Waals surface area contributed by atoms with Crippen molar-refractivity contribution >= 4 is 17.5 Å². The first-order valence-corrected chi connectivity index (χ1v) is 7.62. The molecule has 1 aliphatic heterocycles. The zero-order chi connectivity index (χ0) is 16.0. The lowest BCUT2D eigenvalue weighted by Crippen LogP contribution is -2.32. The van der Waals surface area contributed by atoms with Gasteiger partial charge in [-0.15, -0.1) is 0 Å². The molecular formula is C17H16N4O2. The van der Waals surface area contributed by atoms with Crippen LogP contribution in [0.25, 0.3) is 0 Å². The normalized spacial score (nSPS) is 19.8. The van der Waals surface area contributed by atoms with Crippen LogP contribution in [0, 0.1) is 0 Å². The molecule has 0 saturated heterocycles. The maximum absolute atomic E-state index is 12.5. The quantitative estimate of drug-likeness (QED) is 0.888. The largest absolute Gasteiger partial charge is 0.365 e. The summed E-state index contributed by atoms with van der Waals surface area (Å²) in [7, 11) is 0. The molecule has 0 radical (unpaired) electrons. The molecule has 0 spiro atoms. The molecule has 0 unspecified atom stereocenters. The van der Waals surface area contributed by atoms with Gasteiger partial charge in [-0.25, -0.2) is 4.68 Å². The van der Waals surface area contributed by atoms with Crippen molar-refractivity contribution in [2.24, 2.45) is 5.73 Å². The van der Waals surface area contributed by atoms with Crippen molar-refractivity contribution in [1.82, 2.24) is 9.78 Å². The lowest BCUT2D eigenvalue weighted by Gasteiger charge is -2.33. The van der Waals surface area contributed by atoms with Crippen molar-refractivity contribution in [2.75, 3.05) is 5.32 Å². The van der Waals surface area contributed by atoms with E-state index >= 15 is 0 Å². The third-order valence-corrected chi connectivity index (χ3v) is 4.42. The second kappa shape index (κ2) is 5.08. The predicted octanol–water partition coefficient (Wildman–Crippen LogP) is 2.00. The molecule has 23 heavy (non-hydrogen) atoms. The predicted molar refractivity (Wildman–Crippen MR) is 84.8 cm³/mol. The summed E-state index contributed by atoms with van der Waals surface area (Å²) in [6, 6.07) is 9.42. The van der Waals surface area contributed by atoms with Crippen LogP contribution in [0.4, 0.5) is 5.82 Å². The van der Waals surface area contributed by atoms with Crippen molar-refractivity contribution in [3.05, 3.63) is 58.9 Å². The number of hydrogen-bond acceptors (Lipinski definition) is 4. The van der Waals surface area contributed by atoms with Crippen molar-refractivity contribution in [1.29, 1.82) is 0 Å². The molecule has 3 N–H and O–H groups in total. The third-order valence-electron chi connectivity index (χ3n) is 4.42. The number of anilines is 1. The molecule has 6 heteroatoms. The highest BCUT2D eigenvalue weighted by Gasteiger charge is 2.37. The highest BCUT2D eigenvalue weighted by molar-refractivity contribution is 6.02. The topological polar surface area (TPSA) is 90.0 Å². The number of carbonyl (C=O) groups is 2. The number of nitrogens with zero attached hydrogens (tertiary/aromatic N) is 2. The van der Waals surface area contributed by atoms with Crippen LogP contribution in [0.1, 0.15) is 41.2 Å². The highest BCUT2D eigenvalue weighted by atomic mass is 16.1. The number of benzene rings is 1. The summed E-state index contributed by atoms with van der Waals surface area (Å²) in [5, 5.41) is 7.55. The maximum Gasteiger partial charge on any atom is 0.254 e. The third kappa shape index (κ3) is 2.06. The molecule has 1 atom stereocenters. The van der Waals surface area contributed by atoms with Gasteiger partial charge in [-0.1, -0.05) is 30.3 Å². The number of nitrogens with one attached hydrogen (secondary N) is 1. The lowest BCUT2D eigenvalue weighted by molar-refractivity contribution is -0.116. The average molecular weight is 308 g/mol. The van der Waals surface area contributed by atoms with E-state index in [0.717, 1.165) is 29.7 Å². The Morgan fingerprint density at radius 3 is 2.78 bits per heavy atom. The fourth-order valence-corrected chi connectivity index (χ4v) is 3.38. The molecule has 4 rings (SSSR count). The van der Waals surface area contributed by atoms with Gasteiger partial charge in [0, 0.05) is 17.7 Å². The second-order valence-electron chi connectivity index (χ2n) is 5.82. The van der Waals surface area contributed by atoms with Crippen molar-refractivity contribution < 1.29 is 9.59 Å². The monoisotopic (exact) mass is 308 g/mol. The molecule has 1 aromatic carbocycles. The zero-order valence-corrected chi connectivity index (χ0v) is 12.5. The number of carbonyl (C=O) groups excluding carboxylic acids is 2. The van der Waals surface area contributed by atoms with Crippen LogP contribution in [0.3, 0.4) is 0 Å². The number of amides is 1. The Bertz CT molecular complexity index is 836. The van der Waals surface area contributed by atoms with Crippen LogP contribution in [-0.4, -0.2) is 21.5 Å². The minimum Gasteiger partial charge on any atom is -0.365 e. The van der Waals surface area contributed by atoms with Crippen LogP contribution < -0.4 is 11.1 Å². The summed E-state index contributed by atoms with van der Waals surface area (Å²) < 4.78 is 1.69. The second-order valence-corrected chi connectivity index (χ2v) is 5.82. The Hall–Kier alpha value is -2.89. The molecule has 2 aliphatic rings. The summed E-state index contributed by atoms with van der Waals surface area (Å²) in [6.07, 6.45) is 3.60. The first-order valence-electron chi connectivity index (χ1n) is 7.62. The van der Waals surface area contributed by atoms with E-state index in [0.29, 0.717) is 17.8 Å². The zero-order valence-electron chi connectivity index (χ0n) is 12.5. The Kier molecular flexibility index (Phi) is 3.04. The van der Waals surface area contributed by atoms with E-state index in [-0.39, 0.29) is 11.8 Å². The van der Waals surface area contributed by atoms with Crippen LogP contribution in [-0.2, 0) is 4.79 Å². The summed E-state index contributed by atoms with van der Waals surface area (Å²) in [6.45, 7) is 0. The fourth-order valence-electron chi connectivity index (χ4n) is 3.38. The van der Waals surface area contributed by atoms with Crippen molar-refractivity contribution in [3.8, 4) is 0 Å². The molecule has 0 saturated carbocycles. The number of ketones is 1. The number of fused-ring (bicyclic) bond motifs is 1. The first kappa shape index (κ1) is 13.8. The first-order chi connectivity index (χ1) is 11.2. The number of primary amides is 1. The molecule has 1 aromatic heterocycles. The summed E-state index contributed by atoms with van der Waals surface area (Å²) in [4.78, 5) is 24.2. The molecule has 6 nitrogen and oxygen atoms in total. The minimum atomic E-state index is -0.531. The molecule has 1 amide bonds. The van der Waals surface area contributed by atoms with Gasteiger partial charge in [0.05, 0.1) is 6.20 Å². The Balaban J connectivity index is 1.95. The van der Waals surface area contributed by atoms with Gasteiger partial charge in [0.15, 0.2) is 5.78 Å². The standard InChI is InChI=1S/C17H16N4O2/c18-16(23)11-9-19-21-15(10-5-2-1-3-6-10)14-12(20-17(11)21)7-4-8-13(14)22/h1-3,5-6,9,15,20H,4,7-8H2,(H2,18,23)/t15-/m0/s1. The van der Waals surface area contributed by atoms with Gasteiger partial charge >= 0.3 is 0 Å². The summed E-state index contributed by atoms with van der Waals surface area (Å²) in [5.41, 5.74) is 8.38. The van der Waals surface area contributed by atoms with Crippen LogP contribution in [0.2, 0.25) is 0 Å². The molecule has 2 heterocycles. The van der Waals surface area contributed by atoms with E-state index in [4.69, 9.17) is 5.73 Å². The van der Waals surface area contributed by atoms with E-state index in [1.807, 2.05) is 30.3 Å². The number of allylic oxidation sites excluding steroid dienone is 2. The van der Waals surface area contributed by atoms with Gasteiger partial charge in [0.1, 0.15) is 17.4 Å². The minimum absolute atomic E-state index is 0.134. The molecule has 2 aromatic rings. The molecular weight excluding hydrogens is 292 g/mol. The van der Waals surface area contributed by atoms with E-state index in [9.17, 15) is 9.59 Å². The smallest absolute Gasteiger partial charge is 0.254 e. The van der Waals surface area contributed by atoms with Gasteiger partial charge in [0.2, 0.25) is 0 Å². The van der Waals surface area contributed by atoms with Gasteiger partial charge in [0.25, 0.3) is 5.91 Å². The number of aromatic nitrogens is 2. The average Bonchev–Trinajstić information content (AvgIpc) is 2.97. The fraction of sp³-hybridized carbons (Fsp3) is 0.235. The Morgan fingerprint density at radius 2 is 2.04 bits per heavy atom. The van der Waals surface area contributed by atoms with Crippen molar-refractivity contribution in [3.63, 3.8) is 0 Å². The molecule has 0 fully saturated rings. The van der Waals surface area contributed by atoms with Gasteiger partial charge in [-0.05, 0) is 18.4 Å². The molecule has 116 valence electrons. The van der Waals surface area contributed by atoms with Gasteiger partial charge in [-0.2, -0.15) is 5.10 Å². The summed E-state index contributed by atoms with van der Waals surface area (Å²) in [5.74, 6) is 0.172. The number of Topliss-reactive ketones (excluding diaryl/α,β-unsaturated/α-hetero) is 1. The molecule has 1 aliphatic carbocycles. The van der Waals surface area contributed by atoms with E-state index < -0.39 is 5.91 Å².